The van der Waals surface area contributed by atoms with Gasteiger partial charge in [0.25, 0.3) is 0 Å². The van der Waals surface area contributed by atoms with Crippen LogP contribution in [-0.4, -0.2) is 13.1 Å². The van der Waals surface area contributed by atoms with Gasteiger partial charge >= 0.3 is 6.03 Å². The maximum Gasteiger partial charge on any atom is 0.323 e. The number of carbonyl (C=O) groups excluding carboxylic acids is 1. The highest BCUT2D eigenvalue weighted by atomic mass is 16.5. The van der Waals surface area contributed by atoms with Crippen molar-refractivity contribution in [1.82, 2.24) is 0 Å². The van der Waals surface area contributed by atoms with E-state index in [-0.39, 0.29) is 6.03 Å². The summed E-state index contributed by atoms with van der Waals surface area (Å²) in [4.78, 5) is 11.9. The lowest BCUT2D eigenvalue weighted by atomic mass is 10.1. The van der Waals surface area contributed by atoms with Crippen LogP contribution in [0, 0.1) is 0 Å². The molecule has 0 aliphatic rings. The summed E-state index contributed by atoms with van der Waals surface area (Å²) < 4.78 is 5.11. The Balaban J connectivity index is 2.02. The molecule has 0 radical (unpaired) electrons. The van der Waals surface area contributed by atoms with Gasteiger partial charge in [-0.05, 0) is 36.2 Å². The molecule has 2 aromatic carbocycles. The van der Waals surface area contributed by atoms with Crippen molar-refractivity contribution in [1.29, 1.82) is 0 Å². The zero-order valence-corrected chi connectivity index (χ0v) is 12.1. The minimum atomic E-state index is -0.327. The standard InChI is InChI=1S/C16H19N3O2/c1-3-11-7-8-13(10-15(11)17)19-16(20)18-12-5-4-6-14(9-12)21-2/h4-10H,3,17H2,1-2H3,(H2,18,19,20). The van der Waals surface area contributed by atoms with Crippen molar-refractivity contribution in [3.05, 3.63) is 48.0 Å². The van der Waals surface area contributed by atoms with Crippen LogP contribution in [0.4, 0.5) is 21.9 Å². The molecule has 0 bridgehead atoms. The monoisotopic (exact) mass is 285 g/mol. The second kappa shape index (κ2) is 6.65. The predicted octanol–water partition coefficient (Wildman–Crippen LogP) is 3.48. The number of aryl methyl sites for hydroxylation is 1. The number of hydrogen-bond donors (Lipinski definition) is 3. The van der Waals surface area contributed by atoms with Gasteiger partial charge < -0.3 is 21.1 Å². The Morgan fingerprint density at radius 2 is 1.86 bits per heavy atom. The zero-order valence-electron chi connectivity index (χ0n) is 12.1. The number of nitrogens with one attached hydrogen (secondary N) is 2. The number of urea groups is 1. The first-order valence-electron chi connectivity index (χ1n) is 6.73. The minimum absolute atomic E-state index is 0.327. The van der Waals surface area contributed by atoms with Gasteiger partial charge in [-0.25, -0.2) is 4.79 Å². The SMILES string of the molecule is CCc1ccc(NC(=O)Nc2cccc(OC)c2)cc1N. The maximum absolute atomic E-state index is 11.9. The number of hydrogen-bond acceptors (Lipinski definition) is 3. The Bertz CT molecular complexity index is 641. The Labute approximate surface area is 124 Å². The molecule has 0 saturated carbocycles. The molecular weight excluding hydrogens is 266 g/mol. The number of nitrogen functional groups attached to an aromatic ring is 1. The van der Waals surface area contributed by atoms with E-state index < -0.39 is 0 Å². The van der Waals surface area contributed by atoms with Crippen molar-refractivity contribution in [2.75, 3.05) is 23.5 Å². The molecule has 0 heterocycles. The van der Waals surface area contributed by atoms with Gasteiger partial charge in [-0.2, -0.15) is 0 Å². The van der Waals surface area contributed by atoms with Crippen LogP contribution in [0.2, 0.25) is 0 Å². The smallest absolute Gasteiger partial charge is 0.323 e. The molecule has 0 saturated heterocycles. The molecule has 2 rings (SSSR count). The van der Waals surface area contributed by atoms with Gasteiger partial charge in [0.05, 0.1) is 7.11 Å². The van der Waals surface area contributed by atoms with E-state index in [0.29, 0.717) is 22.8 Å². The third-order valence-corrected chi connectivity index (χ3v) is 3.11. The van der Waals surface area contributed by atoms with Crippen molar-refractivity contribution in [2.45, 2.75) is 13.3 Å². The van der Waals surface area contributed by atoms with E-state index >= 15 is 0 Å². The summed E-state index contributed by atoms with van der Waals surface area (Å²) in [7, 11) is 1.58. The second-order valence-corrected chi connectivity index (χ2v) is 4.58. The fraction of sp³-hybridized carbons (Fsp3) is 0.188. The lowest BCUT2D eigenvalue weighted by Gasteiger charge is -2.10. The lowest BCUT2D eigenvalue weighted by Crippen LogP contribution is -2.19. The van der Waals surface area contributed by atoms with Crippen LogP contribution in [0.15, 0.2) is 42.5 Å². The fourth-order valence-corrected chi connectivity index (χ4v) is 1.99. The number of benzene rings is 2. The summed E-state index contributed by atoms with van der Waals surface area (Å²) in [5, 5.41) is 5.49. The highest BCUT2D eigenvalue weighted by Crippen LogP contribution is 2.20. The Morgan fingerprint density at radius 1 is 1.14 bits per heavy atom. The van der Waals surface area contributed by atoms with Crippen LogP contribution in [0.3, 0.4) is 0 Å². The highest BCUT2D eigenvalue weighted by Gasteiger charge is 2.05. The van der Waals surface area contributed by atoms with E-state index in [1.165, 1.54) is 0 Å². The molecule has 0 aliphatic carbocycles. The number of methoxy groups -OCH3 is 1. The third kappa shape index (κ3) is 3.89. The molecule has 0 atom stereocenters. The molecule has 5 heteroatoms. The van der Waals surface area contributed by atoms with Crippen molar-refractivity contribution in [2.24, 2.45) is 0 Å². The summed E-state index contributed by atoms with van der Waals surface area (Å²) in [6.07, 6.45) is 0.863. The van der Waals surface area contributed by atoms with E-state index in [4.69, 9.17) is 10.5 Å². The maximum atomic E-state index is 11.9. The van der Waals surface area contributed by atoms with Crippen LogP contribution < -0.4 is 21.1 Å². The summed E-state index contributed by atoms with van der Waals surface area (Å²) in [6, 6.07) is 12.3. The number of amides is 2. The van der Waals surface area contributed by atoms with E-state index in [1.807, 2.05) is 31.2 Å². The fourth-order valence-electron chi connectivity index (χ4n) is 1.99. The van der Waals surface area contributed by atoms with Crippen molar-refractivity contribution in [3.63, 3.8) is 0 Å². The van der Waals surface area contributed by atoms with E-state index in [9.17, 15) is 4.79 Å². The quantitative estimate of drug-likeness (QED) is 0.753. The van der Waals surface area contributed by atoms with Gasteiger partial charge in [-0.1, -0.05) is 19.1 Å². The van der Waals surface area contributed by atoms with Gasteiger partial charge in [0.2, 0.25) is 0 Å². The Morgan fingerprint density at radius 3 is 2.48 bits per heavy atom. The molecular formula is C16H19N3O2. The molecule has 0 aliphatic heterocycles. The van der Waals surface area contributed by atoms with Crippen LogP contribution in [-0.2, 0) is 6.42 Å². The van der Waals surface area contributed by atoms with Gasteiger partial charge in [0.1, 0.15) is 5.75 Å². The van der Waals surface area contributed by atoms with Gasteiger partial charge in [-0.3, -0.25) is 0 Å². The summed E-state index contributed by atoms with van der Waals surface area (Å²) in [6.45, 7) is 2.04. The van der Waals surface area contributed by atoms with E-state index in [1.54, 1.807) is 25.3 Å². The highest BCUT2D eigenvalue weighted by molar-refractivity contribution is 6.00. The molecule has 21 heavy (non-hydrogen) atoms. The summed E-state index contributed by atoms with van der Waals surface area (Å²) >= 11 is 0. The molecule has 0 aromatic heterocycles. The first-order chi connectivity index (χ1) is 10.1. The van der Waals surface area contributed by atoms with Crippen molar-refractivity contribution in [3.8, 4) is 5.75 Å². The number of rotatable bonds is 4. The van der Waals surface area contributed by atoms with Gasteiger partial charge in [0.15, 0.2) is 0 Å². The third-order valence-electron chi connectivity index (χ3n) is 3.11. The average Bonchev–Trinajstić information content (AvgIpc) is 2.47. The second-order valence-electron chi connectivity index (χ2n) is 4.58. The summed E-state index contributed by atoms with van der Waals surface area (Å²) in [5.41, 5.74) is 8.97. The molecule has 2 amide bonds. The molecule has 110 valence electrons. The van der Waals surface area contributed by atoms with Crippen molar-refractivity contribution >= 4 is 23.1 Å². The zero-order chi connectivity index (χ0) is 15.2. The largest absolute Gasteiger partial charge is 0.497 e. The average molecular weight is 285 g/mol. The Hall–Kier alpha value is -2.69. The molecule has 0 fully saturated rings. The van der Waals surface area contributed by atoms with E-state index in [0.717, 1.165) is 12.0 Å². The van der Waals surface area contributed by atoms with E-state index in [2.05, 4.69) is 10.6 Å². The number of carbonyl (C=O) groups is 1. The van der Waals surface area contributed by atoms with Crippen molar-refractivity contribution < 1.29 is 9.53 Å². The first kappa shape index (κ1) is 14.7. The topological polar surface area (TPSA) is 76.4 Å². The molecule has 4 N–H and O–H groups in total. The number of anilines is 3. The lowest BCUT2D eigenvalue weighted by molar-refractivity contribution is 0.262. The van der Waals surface area contributed by atoms with Crippen LogP contribution in [0.5, 0.6) is 5.75 Å². The predicted molar refractivity (Wildman–Crippen MR) is 85.9 cm³/mol. The van der Waals surface area contributed by atoms with Crippen LogP contribution >= 0.6 is 0 Å². The molecule has 0 unspecified atom stereocenters. The van der Waals surface area contributed by atoms with Crippen LogP contribution in [0.25, 0.3) is 0 Å². The minimum Gasteiger partial charge on any atom is -0.497 e. The van der Waals surface area contributed by atoms with Gasteiger partial charge in [0, 0.05) is 23.1 Å². The Kier molecular flexibility index (Phi) is 4.66. The molecule has 0 spiro atoms. The number of nitrogens with two attached hydrogens (primary N) is 1. The normalized spacial score (nSPS) is 10.0. The first-order valence-corrected chi connectivity index (χ1v) is 6.73. The number of ether oxygens (including phenoxy) is 1. The molecule has 2 aromatic rings. The van der Waals surface area contributed by atoms with Gasteiger partial charge in [-0.15, -0.1) is 0 Å². The summed E-state index contributed by atoms with van der Waals surface area (Å²) in [5.74, 6) is 0.685. The van der Waals surface area contributed by atoms with Crippen LogP contribution in [0.1, 0.15) is 12.5 Å². The molecule has 5 nitrogen and oxygen atoms in total.